The predicted octanol–water partition coefficient (Wildman–Crippen LogP) is 4.09. The number of anilines is 1. The minimum atomic E-state index is -0.333. The molecular formula is C18H20N4O2. The van der Waals surface area contributed by atoms with Gasteiger partial charge in [-0.1, -0.05) is 6.07 Å². The topological polar surface area (TPSA) is 72.5 Å². The van der Waals surface area contributed by atoms with Gasteiger partial charge in [0.15, 0.2) is 5.65 Å². The summed E-state index contributed by atoms with van der Waals surface area (Å²) in [5.74, 6) is 0. The maximum Gasteiger partial charge on any atom is 0.272 e. The van der Waals surface area contributed by atoms with Crippen LogP contribution in [0.1, 0.15) is 28.1 Å². The van der Waals surface area contributed by atoms with Crippen molar-refractivity contribution >= 4 is 17.0 Å². The van der Waals surface area contributed by atoms with E-state index in [1.807, 2.05) is 43.5 Å². The van der Waals surface area contributed by atoms with Crippen molar-refractivity contribution in [3.63, 3.8) is 0 Å². The lowest BCUT2D eigenvalue weighted by atomic mass is 10.0. The molecule has 1 N–H and O–H groups in total. The molecule has 1 aromatic carbocycles. The molecule has 0 bridgehead atoms. The minimum Gasteiger partial charge on any atom is -0.378 e. The van der Waals surface area contributed by atoms with Crippen LogP contribution in [-0.4, -0.2) is 14.3 Å². The number of pyridine rings is 1. The molecule has 124 valence electrons. The molecule has 0 radical (unpaired) electrons. The van der Waals surface area contributed by atoms with Gasteiger partial charge in [0.05, 0.1) is 16.3 Å². The predicted molar refractivity (Wildman–Crippen MR) is 94.6 cm³/mol. The average molecular weight is 324 g/mol. The minimum absolute atomic E-state index is 0.156. The van der Waals surface area contributed by atoms with Crippen molar-refractivity contribution < 1.29 is 4.92 Å². The molecule has 0 amide bonds. The van der Waals surface area contributed by atoms with Crippen LogP contribution in [0.2, 0.25) is 0 Å². The Balaban J connectivity index is 1.96. The number of hydrogen-bond acceptors (Lipinski definition) is 4. The molecular weight excluding hydrogens is 304 g/mol. The Bertz CT molecular complexity index is 944. The Morgan fingerprint density at radius 3 is 2.67 bits per heavy atom. The van der Waals surface area contributed by atoms with Crippen LogP contribution >= 0.6 is 0 Å². The van der Waals surface area contributed by atoms with E-state index in [0.29, 0.717) is 12.1 Å². The molecule has 3 rings (SSSR count). The first-order chi connectivity index (χ1) is 11.4. The van der Waals surface area contributed by atoms with Crippen LogP contribution < -0.4 is 5.32 Å². The van der Waals surface area contributed by atoms with Gasteiger partial charge in [0.25, 0.3) is 5.69 Å². The Labute approximate surface area is 140 Å². The van der Waals surface area contributed by atoms with E-state index in [9.17, 15) is 10.1 Å². The van der Waals surface area contributed by atoms with Gasteiger partial charge < -0.3 is 9.72 Å². The molecule has 0 aliphatic rings. The monoisotopic (exact) mass is 324 g/mol. The van der Waals surface area contributed by atoms with E-state index >= 15 is 0 Å². The second kappa shape index (κ2) is 5.96. The number of hydrogen-bond donors (Lipinski definition) is 1. The lowest BCUT2D eigenvalue weighted by Crippen LogP contribution is -2.06. The summed E-state index contributed by atoms with van der Waals surface area (Å²) in [6, 6.07) is 7.31. The summed E-state index contributed by atoms with van der Waals surface area (Å²) < 4.78 is 2.05. The van der Waals surface area contributed by atoms with Gasteiger partial charge in [-0.25, -0.2) is 4.98 Å². The van der Waals surface area contributed by atoms with E-state index in [0.717, 1.165) is 33.8 Å². The zero-order chi connectivity index (χ0) is 17.4. The highest BCUT2D eigenvalue weighted by molar-refractivity contribution is 5.69. The van der Waals surface area contributed by atoms with E-state index in [1.165, 1.54) is 0 Å². The summed E-state index contributed by atoms with van der Waals surface area (Å²) in [7, 11) is 0. The van der Waals surface area contributed by atoms with Crippen LogP contribution in [0.15, 0.2) is 30.5 Å². The van der Waals surface area contributed by atoms with Crippen molar-refractivity contribution in [2.24, 2.45) is 0 Å². The molecule has 2 aromatic heterocycles. The molecule has 0 saturated carbocycles. The largest absolute Gasteiger partial charge is 0.378 e. The van der Waals surface area contributed by atoms with Crippen molar-refractivity contribution in [2.45, 2.75) is 34.2 Å². The van der Waals surface area contributed by atoms with Crippen LogP contribution in [-0.2, 0) is 6.54 Å². The van der Waals surface area contributed by atoms with E-state index in [1.54, 1.807) is 19.1 Å². The average Bonchev–Trinajstić information content (AvgIpc) is 2.83. The summed E-state index contributed by atoms with van der Waals surface area (Å²) in [5.41, 5.74) is 6.73. The van der Waals surface area contributed by atoms with E-state index in [2.05, 4.69) is 10.3 Å². The summed E-state index contributed by atoms with van der Waals surface area (Å²) in [6.07, 6.45) is 1.99. The van der Waals surface area contributed by atoms with E-state index in [-0.39, 0.29) is 10.6 Å². The van der Waals surface area contributed by atoms with Gasteiger partial charge in [-0.05, 0) is 51.0 Å². The van der Waals surface area contributed by atoms with Crippen LogP contribution in [0, 0.1) is 37.8 Å². The quantitative estimate of drug-likeness (QED) is 0.579. The van der Waals surface area contributed by atoms with Crippen molar-refractivity contribution in [1.82, 2.24) is 9.38 Å². The smallest absolute Gasteiger partial charge is 0.272 e. The molecule has 24 heavy (non-hydrogen) atoms. The fourth-order valence-corrected chi connectivity index (χ4v) is 2.97. The van der Waals surface area contributed by atoms with Crippen molar-refractivity contribution in [3.05, 3.63) is 68.7 Å². The third-order valence-electron chi connectivity index (χ3n) is 4.58. The Hall–Kier alpha value is -2.89. The number of nitro groups is 1. The number of aromatic nitrogens is 2. The highest BCUT2D eigenvalue weighted by Gasteiger charge is 2.16. The molecule has 0 unspecified atom stereocenters. The first-order valence-corrected chi connectivity index (χ1v) is 7.81. The van der Waals surface area contributed by atoms with E-state index in [4.69, 9.17) is 0 Å². The standard InChI is InChI=1S/C18H20N4O2/c1-11-7-8-17(22(23)24)12(2)15(11)10-19-16-6-5-9-21-14(4)13(3)20-18(16)21/h5-9,19H,10H2,1-4H3. The van der Waals surface area contributed by atoms with Gasteiger partial charge in [0, 0.05) is 30.1 Å². The van der Waals surface area contributed by atoms with Crippen molar-refractivity contribution in [1.29, 1.82) is 0 Å². The van der Waals surface area contributed by atoms with Gasteiger partial charge >= 0.3 is 0 Å². The number of aryl methyl sites for hydroxylation is 3. The maximum absolute atomic E-state index is 11.1. The normalized spacial score (nSPS) is 11.0. The summed E-state index contributed by atoms with van der Waals surface area (Å²) in [6.45, 7) is 8.31. The van der Waals surface area contributed by atoms with Gasteiger partial charge in [0.1, 0.15) is 0 Å². The lowest BCUT2D eigenvalue weighted by molar-refractivity contribution is -0.385. The molecule has 0 spiro atoms. The lowest BCUT2D eigenvalue weighted by Gasteiger charge is -2.13. The summed E-state index contributed by atoms with van der Waals surface area (Å²) in [5, 5.41) is 14.5. The molecule has 0 saturated heterocycles. The molecule has 0 aliphatic carbocycles. The van der Waals surface area contributed by atoms with Gasteiger partial charge in [0.2, 0.25) is 0 Å². The molecule has 3 aromatic rings. The zero-order valence-electron chi connectivity index (χ0n) is 14.3. The molecule has 6 nitrogen and oxygen atoms in total. The SMILES string of the molecule is Cc1ccc([N+](=O)[O-])c(C)c1CNc1cccn2c(C)c(C)nc12. The Kier molecular flexibility index (Phi) is 3.97. The molecule has 2 heterocycles. The molecule has 0 fully saturated rings. The first kappa shape index (κ1) is 16.0. The molecule has 0 aliphatic heterocycles. The van der Waals surface area contributed by atoms with Gasteiger partial charge in [-0.2, -0.15) is 0 Å². The number of nitrogens with one attached hydrogen (secondary N) is 1. The van der Waals surface area contributed by atoms with Crippen molar-refractivity contribution in [3.8, 4) is 0 Å². The van der Waals surface area contributed by atoms with Crippen LogP contribution in [0.25, 0.3) is 5.65 Å². The summed E-state index contributed by atoms with van der Waals surface area (Å²) >= 11 is 0. The van der Waals surface area contributed by atoms with E-state index < -0.39 is 0 Å². The maximum atomic E-state index is 11.1. The van der Waals surface area contributed by atoms with Gasteiger partial charge in [-0.15, -0.1) is 0 Å². The highest BCUT2D eigenvalue weighted by Crippen LogP contribution is 2.26. The van der Waals surface area contributed by atoms with Crippen LogP contribution in [0.5, 0.6) is 0 Å². The molecule has 6 heteroatoms. The first-order valence-electron chi connectivity index (χ1n) is 7.81. The second-order valence-corrected chi connectivity index (χ2v) is 6.01. The van der Waals surface area contributed by atoms with Crippen LogP contribution in [0.4, 0.5) is 11.4 Å². The number of benzene rings is 1. The number of rotatable bonds is 4. The fraction of sp³-hybridized carbons (Fsp3) is 0.278. The zero-order valence-corrected chi connectivity index (χ0v) is 14.3. The number of imidazole rings is 1. The Morgan fingerprint density at radius 2 is 1.96 bits per heavy atom. The van der Waals surface area contributed by atoms with Crippen LogP contribution in [0.3, 0.4) is 0 Å². The highest BCUT2D eigenvalue weighted by atomic mass is 16.6. The second-order valence-electron chi connectivity index (χ2n) is 6.01. The number of fused-ring (bicyclic) bond motifs is 1. The van der Waals surface area contributed by atoms with Gasteiger partial charge in [-0.3, -0.25) is 10.1 Å². The third kappa shape index (κ3) is 2.60. The number of nitro benzene ring substituents is 1. The Morgan fingerprint density at radius 1 is 1.21 bits per heavy atom. The fourth-order valence-electron chi connectivity index (χ4n) is 2.97. The third-order valence-corrected chi connectivity index (χ3v) is 4.58. The molecule has 0 atom stereocenters. The van der Waals surface area contributed by atoms with Crippen molar-refractivity contribution in [2.75, 3.05) is 5.32 Å². The summed E-state index contributed by atoms with van der Waals surface area (Å²) in [4.78, 5) is 15.4. The number of nitrogens with zero attached hydrogens (tertiary/aromatic N) is 3.